The molecule has 8 heteroatoms. The maximum Gasteiger partial charge on any atom is 0.300 e. The van der Waals surface area contributed by atoms with E-state index in [0.717, 1.165) is 0 Å². The summed E-state index contributed by atoms with van der Waals surface area (Å²) in [6.07, 6.45) is 3.13. The number of halogens is 1. The molecule has 0 aliphatic carbocycles. The average molecular weight is 448 g/mol. The quantitative estimate of drug-likeness (QED) is 0.352. The van der Waals surface area contributed by atoms with E-state index in [2.05, 4.69) is 10.3 Å². The number of anilines is 2. The third kappa shape index (κ3) is 3.98. The Bertz CT molecular complexity index is 1220. The number of ketones is 1. The molecule has 160 valence electrons. The van der Waals surface area contributed by atoms with Crippen molar-refractivity contribution >= 4 is 46.3 Å². The molecule has 32 heavy (non-hydrogen) atoms. The van der Waals surface area contributed by atoms with E-state index < -0.39 is 17.7 Å². The maximum atomic E-state index is 13.1. The second-order valence-corrected chi connectivity index (χ2v) is 7.63. The fourth-order valence-electron chi connectivity index (χ4n) is 3.62. The van der Waals surface area contributed by atoms with Crippen LogP contribution in [0.2, 0.25) is 5.02 Å². The van der Waals surface area contributed by atoms with Crippen LogP contribution in [0.25, 0.3) is 5.76 Å². The normalized spacial score (nSPS) is 17.4. The highest BCUT2D eigenvalue weighted by atomic mass is 35.5. The van der Waals surface area contributed by atoms with E-state index in [0.29, 0.717) is 27.5 Å². The first-order valence-electron chi connectivity index (χ1n) is 9.71. The van der Waals surface area contributed by atoms with Crippen molar-refractivity contribution in [2.45, 2.75) is 13.0 Å². The van der Waals surface area contributed by atoms with Gasteiger partial charge in [0.25, 0.3) is 11.7 Å². The van der Waals surface area contributed by atoms with Gasteiger partial charge in [0, 0.05) is 41.3 Å². The van der Waals surface area contributed by atoms with E-state index in [4.69, 9.17) is 11.6 Å². The molecule has 1 atom stereocenters. The minimum Gasteiger partial charge on any atom is -0.507 e. The highest BCUT2D eigenvalue weighted by molar-refractivity contribution is 6.51. The molecule has 1 fully saturated rings. The minimum atomic E-state index is -0.883. The molecule has 2 heterocycles. The highest BCUT2D eigenvalue weighted by Crippen LogP contribution is 2.42. The van der Waals surface area contributed by atoms with Gasteiger partial charge in [0.05, 0.1) is 11.6 Å². The first-order chi connectivity index (χ1) is 15.4. The van der Waals surface area contributed by atoms with Crippen LogP contribution >= 0.6 is 11.6 Å². The van der Waals surface area contributed by atoms with E-state index in [1.807, 2.05) is 0 Å². The van der Waals surface area contributed by atoms with Gasteiger partial charge >= 0.3 is 0 Å². The number of aliphatic hydroxyl groups excluding tert-OH is 1. The first-order valence-corrected chi connectivity index (χ1v) is 10.1. The average Bonchev–Trinajstić information content (AvgIpc) is 3.05. The van der Waals surface area contributed by atoms with Crippen molar-refractivity contribution < 1.29 is 19.5 Å². The lowest BCUT2D eigenvalue weighted by molar-refractivity contribution is -0.132. The lowest BCUT2D eigenvalue weighted by atomic mass is 9.96. The molecule has 7 nitrogen and oxygen atoms in total. The number of nitrogens with zero attached hydrogens (tertiary/aromatic N) is 2. The molecule has 1 unspecified atom stereocenters. The largest absolute Gasteiger partial charge is 0.507 e. The van der Waals surface area contributed by atoms with Crippen molar-refractivity contribution in [1.82, 2.24) is 4.98 Å². The van der Waals surface area contributed by atoms with Crippen LogP contribution in [0, 0.1) is 0 Å². The predicted molar refractivity (Wildman–Crippen MR) is 121 cm³/mol. The summed E-state index contributed by atoms with van der Waals surface area (Å²) in [7, 11) is 0. The van der Waals surface area contributed by atoms with Crippen molar-refractivity contribution in [3.63, 3.8) is 0 Å². The molecule has 1 saturated heterocycles. The lowest BCUT2D eigenvalue weighted by Gasteiger charge is -2.25. The number of pyridine rings is 1. The number of aromatic nitrogens is 1. The number of carbonyl (C=O) groups excluding carboxylic acids is 3. The zero-order valence-electron chi connectivity index (χ0n) is 16.9. The topological polar surface area (TPSA) is 99.6 Å². The summed E-state index contributed by atoms with van der Waals surface area (Å²) in [5, 5.41) is 14.1. The number of carbonyl (C=O) groups is 3. The predicted octanol–water partition coefficient (Wildman–Crippen LogP) is 4.32. The van der Waals surface area contributed by atoms with Gasteiger partial charge in [-0.15, -0.1) is 0 Å². The Morgan fingerprint density at radius 1 is 1.06 bits per heavy atom. The second kappa shape index (κ2) is 8.64. The number of benzene rings is 2. The smallest absolute Gasteiger partial charge is 0.300 e. The lowest BCUT2D eigenvalue weighted by Crippen LogP contribution is -2.29. The second-order valence-electron chi connectivity index (χ2n) is 7.19. The number of hydrogen-bond donors (Lipinski definition) is 2. The number of aliphatic hydroxyl groups is 1. The standard InChI is InChI=1S/C24H18ClN3O4/c1-14(29)27-18-8-10-19(11-9-18)28-21(16-3-2-12-26-13-16)20(23(31)24(28)32)22(30)15-4-6-17(25)7-5-15/h2-13,21,30H,1H3,(H,27,29)/b22-20-. The molecule has 1 aliphatic rings. The van der Waals surface area contributed by atoms with Gasteiger partial charge in [0.2, 0.25) is 5.91 Å². The Labute approximate surface area is 189 Å². The van der Waals surface area contributed by atoms with Gasteiger partial charge in [-0.1, -0.05) is 17.7 Å². The molecule has 0 saturated carbocycles. The number of hydrogen-bond acceptors (Lipinski definition) is 5. The summed E-state index contributed by atoms with van der Waals surface area (Å²) in [5.74, 6) is -2.11. The van der Waals surface area contributed by atoms with Gasteiger partial charge in [-0.05, 0) is 60.2 Å². The molecular weight excluding hydrogens is 430 g/mol. The van der Waals surface area contributed by atoms with Crippen molar-refractivity contribution in [3.8, 4) is 0 Å². The maximum absolute atomic E-state index is 13.1. The van der Waals surface area contributed by atoms with E-state index >= 15 is 0 Å². The minimum absolute atomic E-state index is 0.0451. The summed E-state index contributed by atoms with van der Waals surface area (Å²) in [4.78, 5) is 42.8. The Balaban J connectivity index is 1.85. The van der Waals surface area contributed by atoms with E-state index in [1.165, 1.54) is 11.8 Å². The van der Waals surface area contributed by atoms with Crippen LogP contribution < -0.4 is 10.2 Å². The van der Waals surface area contributed by atoms with Crippen LogP contribution in [0.3, 0.4) is 0 Å². The van der Waals surface area contributed by atoms with Crippen LogP contribution in [-0.4, -0.2) is 27.7 Å². The van der Waals surface area contributed by atoms with Crippen LogP contribution in [0.15, 0.2) is 78.6 Å². The third-order valence-corrected chi connectivity index (χ3v) is 5.28. The summed E-state index contributed by atoms with van der Waals surface area (Å²) in [6.45, 7) is 1.39. The molecule has 0 radical (unpaired) electrons. The number of rotatable bonds is 4. The summed E-state index contributed by atoms with van der Waals surface area (Å²) < 4.78 is 0. The number of Topliss-reactive ketones (excluding diaryl/α,β-unsaturated/α-hetero) is 1. The number of nitrogens with one attached hydrogen (secondary N) is 1. The van der Waals surface area contributed by atoms with Gasteiger partial charge < -0.3 is 10.4 Å². The van der Waals surface area contributed by atoms with Crippen LogP contribution in [-0.2, 0) is 14.4 Å². The Kier molecular flexibility index (Phi) is 5.75. The van der Waals surface area contributed by atoms with Crippen molar-refractivity contribution in [3.05, 3.63) is 94.8 Å². The molecule has 2 N–H and O–H groups in total. The van der Waals surface area contributed by atoms with Gasteiger partial charge in [-0.3, -0.25) is 24.3 Å². The Hall–Kier alpha value is -3.97. The molecular formula is C24H18ClN3O4. The van der Waals surface area contributed by atoms with E-state index in [-0.39, 0.29) is 17.2 Å². The molecule has 0 bridgehead atoms. The molecule has 0 spiro atoms. The van der Waals surface area contributed by atoms with E-state index in [9.17, 15) is 19.5 Å². The molecule has 4 rings (SSSR count). The van der Waals surface area contributed by atoms with Crippen molar-refractivity contribution in [2.75, 3.05) is 10.2 Å². The van der Waals surface area contributed by atoms with Gasteiger partial charge in [0.1, 0.15) is 5.76 Å². The molecule has 2 aromatic carbocycles. The molecule has 1 aromatic heterocycles. The fourth-order valence-corrected chi connectivity index (χ4v) is 3.75. The van der Waals surface area contributed by atoms with Crippen LogP contribution in [0.5, 0.6) is 0 Å². The van der Waals surface area contributed by atoms with Crippen molar-refractivity contribution in [1.29, 1.82) is 0 Å². The fraction of sp³-hybridized carbons (Fsp3) is 0.0833. The van der Waals surface area contributed by atoms with Crippen LogP contribution in [0.4, 0.5) is 11.4 Å². The summed E-state index contributed by atoms with van der Waals surface area (Å²) in [6, 6.07) is 15.4. The Morgan fingerprint density at radius 3 is 2.34 bits per heavy atom. The third-order valence-electron chi connectivity index (χ3n) is 5.03. The molecule has 1 aliphatic heterocycles. The summed E-state index contributed by atoms with van der Waals surface area (Å²) >= 11 is 5.94. The monoisotopic (exact) mass is 447 g/mol. The molecule has 3 aromatic rings. The molecule has 2 amide bonds. The van der Waals surface area contributed by atoms with Gasteiger partial charge in [-0.25, -0.2) is 0 Å². The van der Waals surface area contributed by atoms with Crippen molar-refractivity contribution in [2.24, 2.45) is 0 Å². The zero-order chi connectivity index (χ0) is 22.8. The highest BCUT2D eigenvalue weighted by Gasteiger charge is 2.47. The zero-order valence-corrected chi connectivity index (χ0v) is 17.7. The Morgan fingerprint density at radius 2 is 1.75 bits per heavy atom. The van der Waals surface area contributed by atoms with Gasteiger partial charge in [-0.2, -0.15) is 0 Å². The van der Waals surface area contributed by atoms with E-state index in [1.54, 1.807) is 73.1 Å². The summed E-state index contributed by atoms with van der Waals surface area (Å²) in [5.41, 5.74) is 1.87. The van der Waals surface area contributed by atoms with Crippen LogP contribution in [0.1, 0.15) is 24.1 Å². The van der Waals surface area contributed by atoms with Gasteiger partial charge in [0.15, 0.2) is 0 Å². The SMILES string of the molecule is CC(=O)Nc1ccc(N2C(=O)C(=O)/C(=C(\O)c3ccc(Cl)cc3)C2c2cccnc2)cc1. The number of amides is 2. The first kappa shape index (κ1) is 21.3.